The lowest BCUT2D eigenvalue weighted by molar-refractivity contribution is -0.123. The van der Waals surface area contributed by atoms with Crippen LogP contribution in [0, 0.1) is 12.7 Å². The Bertz CT molecular complexity index is 731. The van der Waals surface area contributed by atoms with E-state index < -0.39 is 23.8 Å². The van der Waals surface area contributed by atoms with Crippen LogP contribution in [0.1, 0.15) is 22.8 Å². The molecule has 1 amide bonds. The number of anilines is 1. The van der Waals surface area contributed by atoms with E-state index in [0.717, 1.165) is 11.6 Å². The minimum Gasteiger partial charge on any atom is -0.449 e. The topological polar surface area (TPSA) is 55.4 Å². The largest absolute Gasteiger partial charge is 0.449 e. The fraction of sp³-hybridized carbons (Fsp3) is 0.176. The maximum Gasteiger partial charge on any atom is 0.340 e. The first-order valence-electron chi connectivity index (χ1n) is 6.90. The molecule has 0 bridgehead atoms. The van der Waals surface area contributed by atoms with Crippen molar-refractivity contribution in [3.63, 3.8) is 0 Å². The third kappa shape index (κ3) is 4.63. The van der Waals surface area contributed by atoms with Crippen LogP contribution in [0.5, 0.6) is 0 Å². The van der Waals surface area contributed by atoms with Crippen molar-refractivity contribution in [1.82, 2.24) is 0 Å². The van der Waals surface area contributed by atoms with Crippen molar-refractivity contribution in [2.24, 2.45) is 0 Å². The molecule has 1 atom stereocenters. The van der Waals surface area contributed by atoms with E-state index in [1.165, 1.54) is 19.1 Å². The van der Waals surface area contributed by atoms with Crippen molar-refractivity contribution < 1.29 is 18.7 Å². The minimum absolute atomic E-state index is 0.0278. The minimum atomic E-state index is -1.01. The van der Waals surface area contributed by atoms with E-state index >= 15 is 0 Å². The Labute approximate surface area is 141 Å². The van der Waals surface area contributed by atoms with Crippen LogP contribution < -0.4 is 5.32 Å². The standard InChI is InChI=1S/C17H15BrFNO3/c1-10-3-6-13(7-4-10)20-16(21)11(2)23-17(22)14-9-12(19)5-8-15(14)18/h3-9,11H,1-2H3,(H,20,21)/t11-/m0/s1. The molecule has 0 heterocycles. The summed E-state index contributed by atoms with van der Waals surface area (Å²) >= 11 is 3.15. The van der Waals surface area contributed by atoms with Gasteiger partial charge < -0.3 is 10.1 Å². The average Bonchev–Trinajstić information content (AvgIpc) is 2.51. The molecule has 23 heavy (non-hydrogen) atoms. The van der Waals surface area contributed by atoms with Gasteiger partial charge in [-0.2, -0.15) is 0 Å². The number of rotatable bonds is 4. The van der Waals surface area contributed by atoms with E-state index in [4.69, 9.17) is 4.74 Å². The van der Waals surface area contributed by atoms with Crippen molar-refractivity contribution in [1.29, 1.82) is 0 Å². The number of carbonyl (C=O) groups excluding carboxylic acids is 2. The van der Waals surface area contributed by atoms with Crippen LogP contribution in [-0.2, 0) is 9.53 Å². The Morgan fingerprint density at radius 2 is 1.83 bits per heavy atom. The molecule has 2 aromatic rings. The molecule has 0 unspecified atom stereocenters. The molecule has 1 N–H and O–H groups in total. The second-order valence-corrected chi connectivity index (χ2v) is 5.88. The summed E-state index contributed by atoms with van der Waals surface area (Å²) in [6.07, 6.45) is -1.01. The number of aryl methyl sites for hydroxylation is 1. The molecular formula is C17H15BrFNO3. The molecule has 0 aliphatic carbocycles. The summed E-state index contributed by atoms with van der Waals surface area (Å²) in [5.41, 5.74) is 1.70. The fourth-order valence-electron chi connectivity index (χ4n) is 1.81. The zero-order valence-corrected chi connectivity index (χ0v) is 14.2. The fourth-order valence-corrected chi connectivity index (χ4v) is 2.22. The van der Waals surface area contributed by atoms with E-state index in [1.807, 2.05) is 19.1 Å². The normalized spacial score (nSPS) is 11.7. The van der Waals surface area contributed by atoms with Crippen molar-refractivity contribution in [2.45, 2.75) is 20.0 Å². The molecule has 0 saturated carbocycles. The van der Waals surface area contributed by atoms with Gasteiger partial charge in [-0.25, -0.2) is 9.18 Å². The number of carbonyl (C=O) groups is 2. The monoisotopic (exact) mass is 379 g/mol. The van der Waals surface area contributed by atoms with Gasteiger partial charge in [0.1, 0.15) is 5.82 Å². The molecule has 2 aromatic carbocycles. The average molecular weight is 380 g/mol. The van der Waals surface area contributed by atoms with Crippen LogP contribution in [-0.4, -0.2) is 18.0 Å². The van der Waals surface area contributed by atoms with Crippen LogP contribution in [0.2, 0.25) is 0 Å². The molecule has 120 valence electrons. The second kappa shape index (κ2) is 7.37. The summed E-state index contributed by atoms with van der Waals surface area (Å²) in [4.78, 5) is 24.1. The smallest absolute Gasteiger partial charge is 0.340 e. The Balaban J connectivity index is 2.01. The molecule has 0 saturated heterocycles. The lowest BCUT2D eigenvalue weighted by atomic mass is 10.2. The molecule has 6 heteroatoms. The highest BCUT2D eigenvalue weighted by Gasteiger charge is 2.21. The van der Waals surface area contributed by atoms with Gasteiger partial charge >= 0.3 is 5.97 Å². The second-order valence-electron chi connectivity index (χ2n) is 5.03. The first-order chi connectivity index (χ1) is 10.9. The Kier molecular flexibility index (Phi) is 5.50. The number of benzene rings is 2. The molecule has 0 fully saturated rings. The maximum absolute atomic E-state index is 13.2. The predicted octanol–water partition coefficient (Wildman–Crippen LogP) is 4.08. The first kappa shape index (κ1) is 17.1. The third-order valence-electron chi connectivity index (χ3n) is 3.12. The number of ether oxygens (including phenoxy) is 1. The van der Waals surface area contributed by atoms with Crippen LogP contribution in [0.3, 0.4) is 0 Å². The number of hydrogen-bond donors (Lipinski definition) is 1. The van der Waals surface area contributed by atoms with E-state index in [-0.39, 0.29) is 5.56 Å². The van der Waals surface area contributed by atoms with E-state index in [1.54, 1.807) is 12.1 Å². The summed E-state index contributed by atoms with van der Waals surface area (Å²) in [5, 5.41) is 2.65. The van der Waals surface area contributed by atoms with E-state index in [0.29, 0.717) is 10.2 Å². The van der Waals surface area contributed by atoms with Crippen LogP contribution in [0.4, 0.5) is 10.1 Å². The van der Waals surface area contributed by atoms with Crippen molar-refractivity contribution in [3.05, 3.63) is 63.9 Å². The molecule has 0 aliphatic rings. The van der Waals surface area contributed by atoms with Crippen molar-refractivity contribution in [2.75, 3.05) is 5.32 Å². The van der Waals surface area contributed by atoms with Gasteiger partial charge in [0.05, 0.1) is 5.56 Å². The third-order valence-corrected chi connectivity index (χ3v) is 3.81. The van der Waals surface area contributed by atoms with Gasteiger partial charge in [-0.15, -0.1) is 0 Å². The van der Waals surface area contributed by atoms with Crippen molar-refractivity contribution in [3.8, 4) is 0 Å². The Morgan fingerprint density at radius 1 is 1.17 bits per heavy atom. The van der Waals surface area contributed by atoms with Gasteiger partial charge in [0.25, 0.3) is 5.91 Å². The molecule has 0 spiro atoms. The Morgan fingerprint density at radius 3 is 2.48 bits per heavy atom. The zero-order chi connectivity index (χ0) is 17.0. The molecular weight excluding hydrogens is 365 g/mol. The predicted molar refractivity (Wildman–Crippen MR) is 88.8 cm³/mol. The van der Waals surface area contributed by atoms with Gasteiger partial charge in [0, 0.05) is 10.2 Å². The van der Waals surface area contributed by atoms with Crippen molar-refractivity contribution >= 4 is 33.5 Å². The van der Waals surface area contributed by atoms with Gasteiger partial charge in [0.2, 0.25) is 0 Å². The van der Waals surface area contributed by atoms with Gasteiger partial charge in [-0.3, -0.25) is 4.79 Å². The van der Waals surface area contributed by atoms with E-state index in [9.17, 15) is 14.0 Å². The first-order valence-corrected chi connectivity index (χ1v) is 7.69. The van der Waals surface area contributed by atoms with Crippen LogP contribution in [0.15, 0.2) is 46.9 Å². The van der Waals surface area contributed by atoms with Crippen LogP contribution in [0.25, 0.3) is 0 Å². The summed E-state index contributed by atoms with van der Waals surface area (Å²) in [5.74, 6) is -1.80. The maximum atomic E-state index is 13.2. The molecule has 4 nitrogen and oxygen atoms in total. The molecule has 2 rings (SSSR count). The quantitative estimate of drug-likeness (QED) is 0.814. The van der Waals surface area contributed by atoms with Gasteiger partial charge in [0.15, 0.2) is 6.10 Å². The highest BCUT2D eigenvalue weighted by Crippen LogP contribution is 2.19. The lowest BCUT2D eigenvalue weighted by Gasteiger charge is -2.14. The number of amides is 1. The highest BCUT2D eigenvalue weighted by molar-refractivity contribution is 9.10. The summed E-state index contributed by atoms with van der Waals surface area (Å²) in [7, 11) is 0. The number of nitrogens with one attached hydrogen (secondary N) is 1. The van der Waals surface area contributed by atoms with Gasteiger partial charge in [-0.05, 0) is 60.1 Å². The lowest BCUT2D eigenvalue weighted by Crippen LogP contribution is -2.30. The van der Waals surface area contributed by atoms with Gasteiger partial charge in [-0.1, -0.05) is 17.7 Å². The highest BCUT2D eigenvalue weighted by atomic mass is 79.9. The summed E-state index contributed by atoms with van der Waals surface area (Å²) in [6, 6.07) is 10.9. The SMILES string of the molecule is Cc1ccc(NC(=O)[C@H](C)OC(=O)c2cc(F)ccc2Br)cc1. The number of hydrogen-bond acceptors (Lipinski definition) is 3. The summed E-state index contributed by atoms with van der Waals surface area (Å²) in [6.45, 7) is 3.39. The molecule has 0 aromatic heterocycles. The Hall–Kier alpha value is -2.21. The number of esters is 1. The van der Waals surface area contributed by atoms with Crippen LogP contribution >= 0.6 is 15.9 Å². The number of halogens is 2. The van der Waals surface area contributed by atoms with E-state index in [2.05, 4.69) is 21.2 Å². The zero-order valence-electron chi connectivity index (χ0n) is 12.6. The summed E-state index contributed by atoms with van der Waals surface area (Å²) < 4.78 is 18.7. The molecule has 0 radical (unpaired) electrons. The molecule has 0 aliphatic heterocycles.